The van der Waals surface area contributed by atoms with Crippen LogP contribution in [-0.4, -0.2) is 56.0 Å². The zero-order valence-corrected chi connectivity index (χ0v) is 13.9. The highest BCUT2D eigenvalue weighted by Crippen LogP contribution is 2.22. The molecule has 0 bridgehead atoms. The normalized spacial score (nSPS) is 12.7. The second-order valence-corrected chi connectivity index (χ2v) is 5.95. The summed E-state index contributed by atoms with van der Waals surface area (Å²) in [7, 11) is 6.04. The van der Waals surface area contributed by atoms with Crippen LogP contribution in [0.15, 0.2) is 18.2 Å². The van der Waals surface area contributed by atoms with Crippen LogP contribution in [-0.2, 0) is 4.79 Å². The van der Waals surface area contributed by atoms with Crippen molar-refractivity contribution in [3.63, 3.8) is 0 Å². The van der Waals surface area contributed by atoms with E-state index in [1.807, 2.05) is 33.0 Å². The Morgan fingerprint density at radius 1 is 1.33 bits per heavy atom. The minimum absolute atomic E-state index is 0.0518. The average Bonchev–Trinajstić information content (AvgIpc) is 2.41. The van der Waals surface area contributed by atoms with Crippen molar-refractivity contribution in [2.24, 2.45) is 0 Å². The van der Waals surface area contributed by atoms with Gasteiger partial charge in [-0.3, -0.25) is 9.69 Å². The van der Waals surface area contributed by atoms with Crippen LogP contribution in [0.2, 0.25) is 5.02 Å². The van der Waals surface area contributed by atoms with E-state index in [2.05, 4.69) is 10.2 Å². The molecule has 0 saturated carbocycles. The third kappa shape index (κ3) is 5.91. The minimum atomic E-state index is -0.205. The van der Waals surface area contributed by atoms with E-state index in [9.17, 15) is 4.79 Å². The van der Waals surface area contributed by atoms with Gasteiger partial charge in [-0.15, -0.1) is 0 Å². The fourth-order valence-corrected chi connectivity index (χ4v) is 2.02. The lowest BCUT2D eigenvalue weighted by molar-refractivity contribution is -0.120. The van der Waals surface area contributed by atoms with E-state index in [4.69, 9.17) is 17.3 Å². The second-order valence-electron chi connectivity index (χ2n) is 5.54. The smallest absolute Gasteiger partial charge is 0.241 e. The largest absolute Gasteiger partial charge is 0.397 e. The van der Waals surface area contributed by atoms with Gasteiger partial charge in [0.25, 0.3) is 0 Å². The number of hydrogen-bond donors (Lipinski definition) is 2. The summed E-state index contributed by atoms with van der Waals surface area (Å²) in [5.41, 5.74) is 6.85. The number of hydrogen-bond acceptors (Lipinski definition) is 4. The van der Waals surface area contributed by atoms with E-state index in [1.165, 1.54) is 0 Å². The number of carbonyl (C=O) groups is 1. The predicted molar refractivity (Wildman–Crippen MR) is 89.8 cm³/mol. The molecule has 0 aliphatic carbocycles. The number of likely N-dealkylation sites (N-methyl/N-ethyl adjacent to an activating group) is 1. The molecule has 1 aromatic carbocycles. The van der Waals surface area contributed by atoms with Crippen LogP contribution in [0.25, 0.3) is 0 Å². The number of rotatable bonds is 7. The van der Waals surface area contributed by atoms with Crippen LogP contribution < -0.4 is 11.1 Å². The Morgan fingerprint density at radius 2 is 2.00 bits per heavy atom. The van der Waals surface area contributed by atoms with Crippen molar-refractivity contribution in [1.82, 2.24) is 9.80 Å². The lowest BCUT2D eigenvalue weighted by Crippen LogP contribution is -2.40. The monoisotopic (exact) mass is 312 g/mol. The molecule has 0 saturated heterocycles. The third-order valence-corrected chi connectivity index (χ3v) is 3.76. The maximum absolute atomic E-state index is 12.2. The topological polar surface area (TPSA) is 61.6 Å². The number of amides is 1. The van der Waals surface area contributed by atoms with Gasteiger partial charge in [0, 0.05) is 5.69 Å². The Bertz CT molecular complexity index is 479. The number of nitrogens with one attached hydrogen (secondary N) is 1. The molecule has 118 valence electrons. The number of nitrogens with zero attached hydrogens (tertiary/aromatic N) is 2. The lowest BCUT2D eigenvalue weighted by Gasteiger charge is -2.24. The number of nitrogen functional groups attached to an aromatic ring is 1. The zero-order valence-electron chi connectivity index (χ0n) is 13.2. The summed E-state index contributed by atoms with van der Waals surface area (Å²) in [5, 5.41) is 3.35. The first-order valence-electron chi connectivity index (χ1n) is 7.02. The summed E-state index contributed by atoms with van der Waals surface area (Å²) in [4.78, 5) is 16.4. The molecular weight excluding hydrogens is 288 g/mol. The van der Waals surface area contributed by atoms with Gasteiger partial charge in [0.2, 0.25) is 5.91 Å². The van der Waals surface area contributed by atoms with Gasteiger partial charge in [-0.1, -0.05) is 11.6 Å². The molecular formula is C15H25ClN4O. The molecule has 1 amide bonds. The molecule has 3 N–H and O–H groups in total. The van der Waals surface area contributed by atoms with Crippen molar-refractivity contribution in [3.05, 3.63) is 23.2 Å². The molecule has 0 spiro atoms. The highest BCUT2D eigenvalue weighted by Gasteiger charge is 2.18. The first-order valence-corrected chi connectivity index (χ1v) is 7.40. The van der Waals surface area contributed by atoms with Crippen molar-refractivity contribution < 1.29 is 4.79 Å². The first-order chi connectivity index (χ1) is 9.81. The van der Waals surface area contributed by atoms with Gasteiger partial charge in [-0.2, -0.15) is 0 Å². The molecule has 1 unspecified atom stereocenters. The Balaban J connectivity index is 2.51. The van der Waals surface area contributed by atoms with E-state index in [1.54, 1.807) is 18.2 Å². The van der Waals surface area contributed by atoms with Crippen molar-refractivity contribution in [3.8, 4) is 0 Å². The van der Waals surface area contributed by atoms with Gasteiger partial charge >= 0.3 is 0 Å². The quantitative estimate of drug-likeness (QED) is 0.757. The summed E-state index contributed by atoms with van der Waals surface area (Å²) in [5.74, 6) is -0.0518. The molecule has 0 aromatic heterocycles. The van der Waals surface area contributed by atoms with Gasteiger partial charge in [0.05, 0.1) is 16.8 Å². The molecule has 0 fully saturated rings. The number of halogens is 1. The number of anilines is 2. The average molecular weight is 313 g/mol. The van der Waals surface area contributed by atoms with E-state index >= 15 is 0 Å². The molecule has 0 aliphatic heterocycles. The summed E-state index contributed by atoms with van der Waals surface area (Å²) in [6, 6.07) is 4.89. The Kier molecular flexibility index (Phi) is 6.95. The SMILES string of the molecule is CC(C(=O)Nc1ccc(Cl)c(N)c1)N(C)CCCN(C)C. The van der Waals surface area contributed by atoms with Gasteiger partial charge in [-0.25, -0.2) is 0 Å². The summed E-state index contributed by atoms with van der Waals surface area (Å²) < 4.78 is 0. The van der Waals surface area contributed by atoms with Gasteiger partial charge in [0.1, 0.15) is 0 Å². The standard InChI is InChI=1S/C15H25ClN4O/c1-11(20(4)9-5-8-19(2)3)15(21)18-12-6-7-13(16)14(17)10-12/h6-7,10-11H,5,8-9,17H2,1-4H3,(H,18,21). The van der Waals surface area contributed by atoms with Crippen LogP contribution in [0.1, 0.15) is 13.3 Å². The molecule has 1 atom stereocenters. The molecule has 1 rings (SSSR count). The van der Waals surface area contributed by atoms with Gasteiger partial charge in [-0.05, 0) is 65.8 Å². The molecule has 0 heterocycles. The maximum Gasteiger partial charge on any atom is 0.241 e. The molecule has 0 radical (unpaired) electrons. The Labute approximate surface area is 132 Å². The van der Waals surface area contributed by atoms with Crippen molar-refractivity contribution in [2.75, 3.05) is 45.3 Å². The highest BCUT2D eigenvalue weighted by atomic mass is 35.5. The molecule has 0 aliphatic rings. The number of nitrogens with two attached hydrogens (primary N) is 1. The summed E-state index contributed by atoms with van der Waals surface area (Å²) in [6.45, 7) is 3.77. The van der Waals surface area contributed by atoms with Gasteiger partial charge in [0.15, 0.2) is 0 Å². The van der Waals surface area contributed by atoms with E-state index in [0.717, 1.165) is 19.5 Å². The molecule has 1 aromatic rings. The highest BCUT2D eigenvalue weighted by molar-refractivity contribution is 6.33. The summed E-state index contributed by atoms with van der Waals surface area (Å²) in [6.07, 6.45) is 1.02. The van der Waals surface area contributed by atoms with E-state index < -0.39 is 0 Å². The minimum Gasteiger partial charge on any atom is -0.397 e. The molecule has 21 heavy (non-hydrogen) atoms. The van der Waals surface area contributed by atoms with Crippen molar-refractivity contribution >= 4 is 28.9 Å². The molecule has 5 nitrogen and oxygen atoms in total. The van der Waals surface area contributed by atoms with Gasteiger partial charge < -0.3 is 16.0 Å². The zero-order chi connectivity index (χ0) is 16.0. The maximum atomic E-state index is 12.2. The first kappa shape index (κ1) is 17.8. The lowest BCUT2D eigenvalue weighted by atomic mass is 10.2. The van der Waals surface area contributed by atoms with Crippen LogP contribution in [0.5, 0.6) is 0 Å². The third-order valence-electron chi connectivity index (χ3n) is 3.42. The summed E-state index contributed by atoms with van der Waals surface area (Å²) >= 11 is 5.86. The fourth-order valence-electron chi connectivity index (χ4n) is 1.90. The van der Waals surface area contributed by atoms with Crippen molar-refractivity contribution in [2.45, 2.75) is 19.4 Å². The number of benzene rings is 1. The van der Waals surface area contributed by atoms with Crippen LogP contribution in [0.4, 0.5) is 11.4 Å². The van der Waals surface area contributed by atoms with Crippen LogP contribution in [0, 0.1) is 0 Å². The number of carbonyl (C=O) groups excluding carboxylic acids is 1. The second kappa shape index (κ2) is 8.22. The van der Waals surface area contributed by atoms with Crippen molar-refractivity contribution in [1.29, 1.82) is 0 Å². The Hall–Kier alpha value is -1.30. The van der Waals surface area contributed by atoms with E-state index in [0.29, 0.717) is 16.4 Å². The fraction of sp³-hybridized carbons (Fsp3) is 0.533. The van der Waals surface area contributed by atoms with E-state index in [-0.39, 0.29) is 11.9 Å². The Morgan fingerprint density at radius 3 is 2.57 bits per heavy atom. The van der Waals surface area contributed by atoms with Crippen LogP contribution >= 0.6 is 11.6 Å². The van der Waals surface area contributed by atoms with Crippen LogP contribution in [0.3, 0.4) is 0 Å². The molecule has 6 heteroatoms. The predicted octanol–water partition coefficient (Wildman–Crippen LogP) is 2.13.